The lowest BCUT2D eigenvalue weighted by atomic mass is 10.0. The summed E-state index contributed by atoms with van der Waals surface area (Å²) in [7, 11) is 0. The summed E-state index contributed by atoms with van der Waals surface area (Å²) in [5, 5.41) is 0. The summed E-state index contributed by atoms with van der Waals surface area (Å²) in [6.45, 7) is 0.523. The van der Waals surface area contributed by atoms with E-state index in [0.29, 0.717) is 6.73 Å². The van der Waals surface area contributed by atoms with E-state index in [2.05, 4.69) is 39.9 Å². The Morgan fingerprint density at radius 2 is 1.85 bits per heavy atom. The zero-order valence-corrected chi connectivity index (χ0v) is 10.9. The molecule has 4 rings (SSSR count). The van der Waals surface area contributed by atoms with Crippen LogP contribution in [-0.4, -0.2) is 4.98 Å². The van der Waals surface area contributed by atoms with Gasteiger partial charge in [-0.05, 0) is 23.8 Å². The van der Waals surface area contributed by atoms with Gasteiger partial charge in [-0.25, -0.2) is 4.98 Å². The minimum absolute atomic E-state index is 0.523. The van der Waals surface area contributed by atoms with Crippen molar-refractivity contribution < 1.29 is 9.30 Å². The summed E-state index contributed by atoms with van der Waals surface area (Å²) in [5.41, 5.74) is 4.38. The van der Waals surface area contributed by atoms with E-state index < -0.39 is 0 Å². The van der Waals surface area contributed by atoms with Crippen LogP contribution in [0.25, 0.3) is 22.5 Å². The number of hydrogen-bond acceptors (Lipinski definition) is 2. The Hall–Kier alpha value is -2.68. The number of hydrogen-bond donors (Lipinski definition) is 0. The van der Waals surface area contributed by atoms with Crippen LogP contribution in [0, 0.1) is 0 Å². The highest BCUT2D eigenvalue weighted by atomic mass is 16.5. The van der Waals surface area contributed by atoms with Crippen molar-refractivity contribution in [1.29, 1.82) is 0 Å². The Balaban J connectivity index is 2.01. The van der Waals surface area contributed by atoms with Crippen LogP contribution >= 0.6 is 0 Å². The van der Waals surface area contributed by atoms with Gasteiger partial charge in [-0.15, -0.1) is 0 Å². The van der Waals surface area contributed by atoms with Crippen molar-refractivity contribution >= 4 is 0 Å². The molecule has 0 unspecified atom stereocenters. The minimum atomic E-state index is 0.523. The number of nitrogens with zero attached hydrogens (tertiary/aromatic N) is 2. The van der Waals surface area contributed by atoms with E-state index in [-0.39, 0.29) is 0 Å². The van der Waals surface area contributed by atoms with Crippen LogP contribution in [0.2, 0.25) is 0 Å². The third-order valence-corrected chi connectivity index (χ3v) is 3.51. The average molecular weight is 261 g/mol. The predicted octanol–water partition coefficient (Wildman–Crippen LogP) is 3.05. The highest BCUT2D eigenvalue weighted by Gasteiger charge is 2.28. The maximum absolute atomic E-state index is 5.74. The zero-order valence-electron chi connectivity index (χ0n) is 10.9. The summed E-state index contributed by atoms with van der Waals surface area (Å²) in [5.74, 6) is 0.843. The fraction of sp³-hybridized carbons (Fsp3) is 0.0588. The fourth-order valence-corrected chi connectivity index (χ4v) is 2.60. The van der Waals surface area contributed by atoms with E-state index in [9.17, 15) is 0 Å². The van der Waals surface area contributed by atoms with Crippen LogP contribution < -0.4 is 9.30 Å². The number of ether oxygens (including phenoxy) is 1. The third kappa shape index (κ3) is 1.67. The Labute approximate surface area is 117 Å². The van der Waals surface area contributed by atoms with E-state index in [0.717, 1.165) is 17.1 Å². The molecule has 3 heteroatoms. The molecule has 0 N–H and O–H groups in total. The van der Waals surface area contributed by atoms with Crippen molar-refractivity contribution in [2.24, 2.45) is 0 Å². The van der Waals surface area contributed by atoms with Gasteiger partial charge in [-0.3, -0.25) is 0 Å². The number of benzene rings is 1. The Morgan fingerprint density at radius 3 is 2.75 bits per heavy atom. The number of aromatic nitrogens is 2. The van der Waals surface area contributed by atoms with Crippen molar-refractivity contribution in [3.8, 4) is 28.3 Å². The molecule has 0 amide bonds. The molecule has 96 valence electrons. The van der Waals surface area contributed by atoms with Crippen LogP contribution in [0.4, 0.5) is 0 Å². The highest BCUT2D eigenvalue weighted by Crippen LogP contribution is 2.34. The summed E-state index contributed by atoms with van der Waals surface area (Å²) >= 11 is 0. The first-order chi connectivity index (χ1) is 9.93. The molecule has 1 aliphatic heterocycles. The van der Waals surface area contributed by atoms with Crippen LogP contribution in [0.15, 0.2) is 67.0 Å². The molecule has 0 spiro atoms. The van der Waals surface area contributed by atoms with Crippen LogP contribution in [-0.2, 0) is 6.73 Å². The Morgan fingerprint density at radius 1 is 0.950 bits per heavy atom. The molecule has 3 aromatic rings. The topological polar surface area (TPSA) is 26.0 Å². The minimum Gasteiger partial charge on any atom is -0.433 e. The monoisotopic (exact) mass is 261 g/mol. The predicted molar refractivity (Wildman–Crippen MR) is 75.9 cm³/mol. The van der Waals surface area contributed by atoms with E-state index in [1.54, 1.807) is 6.20 Å². The molecule has 20 heavy (non-hydrogen) atoms. The smallest absolute Gasteiger partial charge is 0.292 e. The molecule has 3 nitrogen and oxygen atoms in total. The van der Waals surface area contributed by atoms with Crippen LogP contribution in [0.1, 0.15) is 0 Å². The largest absolute Gasteiger partial charge is 0.433 e. The SMILES string of the molecule is c1ccc(-c2ccc[n+]3c2-c2ncccc2OC3)cc1. The van der Waals surface area contributed by atoms with Gasteiger partial charge in [0, 0.05) is 12.3 Å². The molecule has 0 fully saturated rings. The molecule has 0 saturated carbocycles. The molecule has 0 radical (unpaired) electrons. The van der Waals surface area contributed by atoms with Crippen molar-refractivity contribution in [3.05, 3.63) is 67.0 Å². The second-order valence-electron chi connectivity index (χ2n) is 4.73. The standard InChI is InChI=1S/C17H13N2O/c1-2-6-13(7-3-1)14-8-5-11-19-12-20-15-9-4-10-18-16(15)17(14)19/h1-11H,12H2/q+1. The lowest BCUT2D eigenvalue weighted by Crippen LogP contribution is -2.42. The Bertz CT molecular complexity index is 769. The van der Waals surface area contributed by atoms with E-state index >= 15 is 0 Å². The normalized spacial score (nSPS) is 12.2. The molecular formula is C17H13N2O+. The number of rotatable bonds is 1. The van der Waals surface area contributed by atoms with Crippen LogP contribution in [0.3, 0.4) is 0 Å². The lowest BCUT2D eigenvalue weighted by molar-refractivity contribution is -0.717. The molecule has 0 aliphatic carbocycles. The summed E-state index contributed by atoms with van der Waals surface area (Å²) in [6.07, 6.45) is 3.83. The van der Waals surface area contributed by atoms with Gasteiger partial charge in [-0.2, -0.15) is 4.57 Å². The van der Waals surface area contributed by atoms with Gasteiger partial charge in [0.15, 0.2) is 17.6 Å². The van der Waals surface area contributed by atoms with E-state index in [1.807, 2.05) is 30.5 Å². The van der Waals surface area contributed by atoms with Gasteiger partial charge in [0.25, 0.3) is 6.73 Å². The molecular weight excluding hydrogens is 248 g/mol. The summed E-state index contributed by atoms with van der Waals surface area (Å²) in [6, 6.07) is 18.4. The molecule has 3 heterocycles. The van der Waals surface area contributed by atoms with E-state index in [4.69, 9.17) is 4.74 Å². The van der Waals surface area contributed by atoms with Gasteiger partial charge >= 0.3 is 0 Å². The van der Waals surface area contributed by atoms with Gasteiger partial charge < -0.3 is 4.74 Å². The van der Waals surface area contributed by atoms with Gasteiger partial charge in [0.2, 0.25) is 5.69 Å². The first-order valence-electron chi connectivity index (χ1n) is 6.59. The summed E-state index contributed by atoms with van der Waals surface area (Å²) in [4.78, 5) is 4.50. The van der Waals surface area contributed by atoms with Crippen molar-refractivity contribution in [2.75, 3.05) is 0 Å². The van der Waals surface area contributed by atoms with Crippen molar-refractivity contribution in [3.63, 3.8) is 0 Å². The van der Waals surface area contributed by atoms with Crippen LogP contribution in [0.5, 0.6) is 5.75 Å². The Kier molecular flexibility index (Phi) is 2.49. The molecule has 0 bridgehead atoms. The van der Waals surface area contributed by atoms with Crippen molar-refractivity contribution in [1.82, 2.24) is 4.98 Å². The quantitative estimate of drug-likeness (QED) is 0.629. The molecule has 1 aromatic carbocycles. The average Bonchev–Trinajstić information content (AvgIpc) is 2.55. The summed E-state index contributed by atoms with van der Waals surface area (Å²) < 4.78 is 7.84. The molecule has 2 aromatic heterocycles. The van der Waals surface area contributed by atoms with Gasteiger partial charge in [0.05, 0.1) is 5.56 Å². The van der Waals surface area contributed by atoms with Crippen molar-refractivity contribution in [2.45, 2.75) is 6.73 Å². The first kappa shape index (κ1) is 11.2. The number of pyridine rings is 2. The van der Waals surface area contributed by atoms with E-state index in [1.165, 1.54) is 11.1 Å². The van der Waals surface area contributed by atoms with Gasteiger partial charge in [0.1, 0.15) is 0 Å². The maximum atomic E-state index is 5.74. The molecule has 1 aliphatic rings. The first-order valence-corrected chi connectivity index (χ1v) is 6.59. The lowest BCUT2D eigenvalue weighted by Gasteiger charge is -2.16. The fourth-order valence-electron chi connectivity index (χ4n) is 2.60. The van der Waals surface area contributed by atoms with Gasteiger partial charge in [-0.1, -0.05) is 30.3 Å². The molecule has 0 saturated heterocycles. The second-order valence-corrected chi connectivity index (χ2v) is 4.73. The second kappa shape index (κ2) is 4.46. The zero-order chi connectivity index (χ0) is 13.4. The number of fused-ring (bicyclic) bond motifs is 3. The third-order valence-electron chi connectivity index (χ3n) is 3.51. The highest BCUT2D eigenvalue weighted by molar-refractivity contribution is 5.79. The maximum Gasteiger partial charge on any atom is 0.292 e. The molecule has 0 atom stereocenters.